The molecule has 0 unspecified atom stereocenters. The molecule has 140 valence electrons. The molecule has 0 saturated carbocycles. The van der Waals surface area contributed by atoms with E-state index in [1.807, 2.05) is 0 Å². The summed E-state index contributed by atoms with van der Waals surface area (Å²) < 4.78 is 80.1. The van der Waals surface area contributed by atoms with Gasteiger partial charge in [-0.15, -0.1) is 5.10 Å². The highest BCUT2D eigenvalue weighted by molar-refractivity contribution is 5.87. The van der Waals surface area contributed by atoms with Crippen LogP contribution in [0.15, 0.2) is 30.5 Å². The van der Waals surface area contributed by atoms with Gasteiger partial charge in [-0.25, -0.2) is 9.50 Å². The van der Waals surface area contributed by atoms with Crippen molar-refractivity contribution >= 4 is 16.6 Å². The molecule has 0 aliphatic carbocycles. The quantitative estimate of drug-likeness (QED) is 0.487. The van der Waals surface area contributed by atoms with Gasteiger partial charge in [0, 0.05) is 10.9 Å². The van der Waals surface area contributed by atoms with Crippen LogP contribution in [0.4, 0.5) is 26.3 Å². The van der Waals surface area contributed by atoms with E-state index in [1.54, 1.807) is 6.92 Å². The van der Waals surface area contributed by atoms with Crippen molar-refractivity contribution in [2.45, 2.75) is 19.3 Å². The van der Waals surface area contributed by atoms with E-state index in [0.29, 0.717) is 27.0 Å². The molecule has 3 heterocycles. The highest BCUT2D eigenvalue weighted by atomic mass is 19.4. The van der Waals surface area contributed by atoms with Crippen LogP contribution in [0.25, 0.3) is 27.8 Å². The molecule has 11 heteroatoms. The monoisotopic (exact) mass is 385 g/mol. The lowest BCUT2D eigenvalue weighted by Crippen LogP contribution is -2.12. The topological polar surface area (TPSA) is 58.9 Å². The summed E-state index contributed by atoms with van der Waals surface area (Å²) in [6.07, 6.45) is -8.26. The molecular formula is C16H9F6N5. The van der Waals surface area contributed by atoms with Crippen LogP contribution >= 0.6 is 0 Å². The van der Waals surface area contributed by atoms with E-state index in [4.69, 9.17) is 0 Å². The van der Waals surface area contributed by atoms with Crippen molar-refractivity contribution in [2.75, 3.05) is 0 Å². The molecule has 1 aromatic carbocycles. The molecule has 0 amide bonds. The van der Waals surface area contributed by atoms with E-state index in [9.17, 15) is 26.3 Å². The molecule has 0 radical (unpaired) electrons. The summed E-state index contributed by atoms with van der Waals surface area (Å²) in [5.41, 5.74) is -0.714. The maximum atomic E-state index is 13.6. The number of aromatic amines is 1. The molecule has 27 heavy (non-hydrogen) atoms. The molecule has 5 nitrogen and oxygen atoms in total. The maximum absolute atomic E-state index is 13.6. The first kappa shape index (κ1) is 17.3. The van der Waals surface area contributed by atoms with Crippen molar-refractivity contribution in [3.05, 3.63) is 47.4 Å². The third kappa shape index (κ3) is 2.78. The number of H-pyrrole nitrogens is 1. The van der Waals surface area contributed by atoms with Crippen LogP contribution in [-0.4, -0.2) is 24.8 Å². The second kappa shape index (κ2) is 5.44. The standard InChI is InChI=1S/C16H9F6N5/c1-7-4-8(5-9-6-23-25-12(7)9)13-10(15(17,18)19)2-3-11-24-14(16(20,21)22)26-27(11)13/h2-6H,1H3,(H,23,25). The van der Waals surface area contributed by atoms with E-state index < -0.39 is 29.4 Å². The fourth-order valence-electron chi connectivity index (χ4n) is 2.95. The SMILES string of the molecule is Cc1cc(-c2c(C(F)(F)F)ccc3nc(C(F)(F)F)nn23)cc2cn[nH]c12. The van der Waals surface area contributed by atoms with Crippen molar-refractivity contribution < 1.29 is 26.3 Å². The molecule has 0 saturated heterocycles. The Morgan fingerprint density at radius 3 is 2.41 bits per heavy atom. The zero-order valence-electron chi connectivity index (χ0n) is 13.4. The first-order chi connectivity index (χ1) is 12.6. The Balaban J connectivity index is 2.10. The van der Waals surface area contributed by atoms with Gasteiger partial charge in [-0.2, -0.15) is 31.4 Å². The summed E-state index contributed by atoms with van der Waals surface area (Å²) in [4.78, 5) is 3.31. The number of benzene rings is 1. The molecule has 0 bridgehead atoms. The predicted octanol–water partition coefficient (Wildman–Crippen LogP) is 4.62. The number of aromatic nitrogens is 5. The van der Waals surface area contributed by atoms with Crippen LogP contribution in [0.3, 0.4) is 0 Å². The average molecular weight is 385 g/mol. The van der Waals surface area contributed by atoms with Crippen LogP contribution in [-0.2, 0) is 12.4 Å². The molecule has 0 fully saturated rings. The molecule has 0 aliphatic heterocycles. The molecule has 4 aromatic rings. The minimum Gasteiger partial charge on any atom is -0.278 e. The zero-order chi connectivity index (χ0) is 19.6. The van der Waals surface area contributed by atoms with Gasteiger partial charge in [-0.3, -0.25) is 5.10 Å². The minimum atomic E-state index is -4.88. The lowest BCUT2D eigenvalue weighted by Gasteiger charge is -2.15. The van der Waals surface area contributed by atoms with Gasteiger partial charge in [0.1, 0.15) is 0 Å². The number of halogens is 6. The van der Waals surface area contributed by atoms with Crippen LogP contribution in [0.2, 0.25) is 0 Å². The second-order valence-corrected chi connectivity index (χ2v) is 5.92. The maximum Gasteiger partial charge on any atom is 0.453 e. The van der Waals surface area contributed by atoms with E-state index in [2.05, 4.69) is 20.3 Å². The van der Waals surface area contributed by atoms with E-state index in [1.165, 1.54) is 18.3 Å². The molecule has 0 aliphatic rings. The first-order valence-electron chi connectivity index (χ1n) is 7.54. The van der Waals surface area contributed by atoms with Gasteiger partial charge in [0.2, 0.25) is 0 Å². The van der Waals surface area contributed by atoms with Crippen molar-refractivity contribution in [1.82, 2.24) is 24.8 Å². The highest BCUT2D eigenvalue weighted by Gasteiger charge is 2.39. The Kier molecular flexibility index (Phi) is 3.49. The fraction of sp³-hybridized carbons (Fsp3) is 0.188. The van der Waals surface area contributed by atoms with E-state index >= 15 is 0 Å². The number of aryl methyl sites for hydroxylation is 1. The molecule has 0 atom stereocenters. The number of pyridine rings is 1. The predicted molar refractivity (Wildman–Crippen MR) is 82.8 cm³/mol. The number of nitrogens with one attached hydrogen (secondary N) is 1. The lowest BCUT2D eigenvalue weighted by atomic mass is 10.0. The Morgan fingerprint density at radius 2 is 1.74 bits per heavy atom. The Morgan fingerprint density at radius 1 is 1.00 bits per heavy atom. The second-order valence-electron chi connectivity index (χ2n) is 5.92. The fourth-order valence-corrected chi connectivity index (χ4v) is 2.95. The Bertz CT molecular complexity index is 1170. The van der Waals surface area contributed by atoms with Gasteiger partial charge in [0.05, 0.1) is 23.0 Å². The summed E-state index contributed by atoms with van der Waals surface area (Å²) in [5, 5.41) is 10.4. The van der Waals surface area contributed by atoms with Crippen molar-refractivity contribution in [1.29, 1.82) is 0 Å². The number of alkyl halides is 6. The normalized spacial score (nSPS) is 13.0. The highest BCUT2D eigenvalue weighted by Crippen LogP contribution is 2.39. The molecule has 4 rings (SSSR count). The summed E-state index contributed by atoms with van der Waals surface area (Å²) in [5.74, 6) is -1.51. The number of rotatable bonds is 1. The molecule has 1 N–H and O–H groups in total. The summed E-state index contributed by atoms with van der Waals surface area (Å²) in [6.45, 7) is 1.65. The molecule has 0 spiro atoms. The van der Waals surface area contributed by atoms with Gasteiger partial charge < -0.3 is 0 Å². The summed E-state index contributed by atoms with van der Waals surface area (Å²) in [7, 11) is 0. The van der Waals surface area contributed by atoms with Crippen molar-refractivity contribution in [3.63, 3.8) is 0 Å². The van der Waals surface area contributed by atoms with Gasteiger partial charge in [0.15, 0.2) is 5.65 Å². The van der Waals surface area contributed by atoms with Gasteiger partial charge in [-0.1, -0.05) is 0 Å². The Labute approximate surface area is 146 Å². The smallest absolute Gasteiger partial charge is 0.278 e. The zero-order valence-corrected chi connectivity index (χ0v) is 13.4. The van der Waals surface area contributed by atoms with Crippen LogP contribution < -0.4 is 0 Å². The Hall–Kier alpha value is -3.11. The summed E-state index contributed by atoms with van der Waals surface area (Å²) >= 11 is 0. The average Bonchev–Trinajstić information content (AvgIpc) is 3.18. The van der Waals surface area contributed by atoms with Crippen LogP contribution in [0.1, 0.15) is 17.0 Å². The third-order valence-electron chi connectivity index (χ3n) is 4.08. The van der Waals surface area contributed by atoms with E-state index in [-0.39, 0.29) is 11.2 Å². The van der Waals surface area contributed by atoms with Crippen LogP contribution in [0.5, 0.6) is 0 Å². The minimum absolute atomic E-state index is 0.0537. The third-order valence-corrected chi connectivity index (χ3v) is 4.08. The van der Waals surface area contributed by atoms with Gasteiger partial charge in [-0.05, 0) is 36.8 Å². The van der Waals surface area contributed by atoms with Crippen molar-refractivity contribution in [3.8, 4) is 11.3 Å². The number of fused-ring (bicyclic) bond motifs is 2. The van der Waals surface area contributed by atoms with Gasteiger partial charge >= 0.3 is 12.4 Å². The molecule has 3 aromatic heterocycles. The van der Waals surface area contributed by atoms with Crippen LogP contribution in [0, 0.1) is 6.92 Å². The number of nitrogens with zero attached hydrogens (tertiary/aromatic N) is 4. The summed E-state index contributed by atoms with van der Waals surface area (Å²) in [6, 6.07) is 4.40. The largest absolute Gasteiger partial charge is 0.453 e. The first-order valence-corrected chi connectivity index (χ1v) is 7.54. The number of hydrogen-bond donors (Lipinski definition) is 1. The van der Waals surface area contributed by atoms with Crippen molar-refractivity contribution in [2.24, 2.45) is 0 Å². The molecular weight excluding hydrogens is 376 g/mol. The van der Waals surface area contributed by atoms with Gasteiger partial charge in [0.25, 0.3) is 5.82 Å². The lowest BCUT2D eigenvalue weighted by molar-refractivity contribution is -0.144. The number of hydrogen-bond acceptors (Lipinski definition) is 3. The van der Waals surface area contributed by atoms with E-state index in [0.717, 1.165) is 6.07 Å².